The molecule has 0 saturated carbocycles. The fraction of sp³-hybridized carbons (Fsp3) is 0.444. The van der Waals surface area contributed by atoms with E-state index >= 15 is 0 Å². The molecule has 0 unspecified atom stereocenters. The summed E-state index contributed by atoms with van der Waals surface area (Å²) in [5.41, 5.74) is -0.250. The Morgan fingerprint density at radius 1 is 1.43 bits per heavy atom. The van der Waals surface area contributed by atoms with Crippen molar-refractivity contribution in [2.24, 2.45) is 0 Å². The van der Waals surface area contributed by atoms with E-state index in [9.17, 15) is 4.79 Å². The van der Waals surface area contributed by atoms with Crippen molar-refractivity contribution in [1.29, 1.82) is 0 Å². The van der Waals surface area contributed by atoms with Gasteiger partial charge >= 0.3 is 0 Å². The van der Waals surface area contributed by atoms with Gasteiger partial charge in [-0.15, -0.1) is 11.3 Å². The number of hydrogen-bond acceptors (Lipinski definition) is 2. The van der Waals surface area contributed by atoms with Gasteiger partial charge in [-0.2, -0.15) is 0 Å². The van der Waals surface area contributed by atoms with Gasteiger partial charge in [0, 0.05) is 5.54 Å². The lowest BCUT2D eigenvalue weighted by molar-refractivity contribution is 0.0924. The predicted molar refractivity (Wildman–Crippen MR) is 61.6 cm³/mol. The number of carbonyl (C=O) groups excluding carboxylic acids is 1. The van der Waals surface area contributed by atoms with E-state index in [4.69, 9.17) is 23.2 Å². The molecule has 0 radical (unpaired) electrons. The monoisotopic (exact) mass is 251 g/mol. The number of rotatable bonds is 1. The molecule has 0 aromatic carbocycles. The van der Waals surface area contributed by atoms with Crippen molar-refractivity contribution in [3.8, 4) is 0 Å². The Bertz CT molecular complexity index is 335. The molecule has 14 heavy (non-hydrogen) atoms. The minimum atomic E-state index is -0.250. The molecular formula is C9H11Cl2NOS. The highest BCUT2D eigenvalue weighted by molar-refractivity contribution is 7.18. The first kappa shape index (κ1) is 11.8. The molecule has 1 aromatic heterocycles. The van der Waals surface area contributed by atoms with Crippen LogP contribution in [-0.2, 0) is 0 Å². The number of halogens is 2. The molecule has 0 atom stereocenters. The molecule has 1 amide bonds. The van der Waals surface area contributed by atoms with Crippen molar-refractivity contribution in [1.82, 2.24) is 5.32 Å². The minimum absolute atomic E-state index is 0.142. The van der Waals surface area contributed by atoms with Crippen LogP contribution < -0.4 is 5.32 Å². The fourth-order valence-corrected chi connectivity index (χ4v) is 2.12. The molecule has 0 spiro atoms. The van der Waals surface area contributed by atoms with Gasteiger partial charge in [0.25, 0.3) is 5.91 Å². The maximum Gasteiger partial charge on any atom is 0.261 e. The molecule has 0 aliphatic heterocycles. The molecule has 0 bridgehead atoms. The molecule has 0 aliphatic rings. The van der Waals surface area contributed by atoms with Gasteiger partial charge in [-0.25, -0.2) is 0 Å². The fourth-order valence-electron chi connectivity index (χ4n) is 0.861. The lowest BCUT2D eigenvalue weighted by Gasteiger charge is -2.19. The molecule has 2 nitrogen and oxygen atoms in total. The number of nitrogens with one attached hydrogen (secondary N) is 1. The van der Waals surface area contributed by atoms with Crippen LogP contribution in [0.25, 0.3) is 0 Å². The van der Waals surface area contributed by atoms with Gasteiger partial charge in [-0.1, -0.05) is 23.2 Å². The standard InChI is InChI=1S/C9H11Cl2NOS/c1-9(2,3)12-8(13)6-4-5(10)7(11)14-6/h4H,1-3H3,(H,12,13). The second-order valence-corrected chi connectivity index (χ2v) is 6.00. The van der Waals surface area contributed by atoms with Crippen LogP contribution >= 0.6 is 34.5 Å². The van der Waals surface area contributed by atoms with Crippen LogP contribution in [0.3, 0.4) is 0 Å². The second kappa shape index (κ2) is 4.09. The zero-order valence-corrected chi connectivity index (χ0v) is 10.5. The third-order valence-electron chi connectivity index (χ3n) is 1.36. The Balaban J connectivity index is 2.80. The van der Waals surface area contributed by atoms with E-state index < -0.39 is 0 Å². The lowest BCUT2D eigenvalue weighted by Crippen LogP contribution is -2.40. The van der Waals surface area contributed by atoms with E-state index in [1.165, 1.54) is 11.3 Å². The Morgan fingerprint density at radius 3 is 2.36 bits per heavy atom. The summed E-state index contributed by atoms with van der Waals surface area (Å²) in [7, 11) is 0. The van der Waals surface area contributed by atoms with Crippen molar-refractivity contribution >= 4 is 40.4 Å². The number of amides is 1. The molecule has 1 aromatic rings. The summed E-state index contributed by atoms with van der Waals surface area (Å²) in [5, 5.41) is 3.26. The molecule has 1 N–H and O–H groups in total. The zero-order valence-electron chi connectivity index (χ0n) is 8.15. The summed E-state index contributed by atoms with van der Waals surface area (Å²) in [6.07, 6.45) is 0. The summed E-state index contributed by atoms with van der Waals surface area (Å²) >= 11 is 12.7. The van der Waals surface area contributed by atoms with Gasteiger partial charge in [0.05, 0.1) is 9.90 Å². The van der Waals surface area contributed by atoms with Crippen molar-refractivity contribution in [2.75, 3.05) is 0 Å². The lowest BCUT2D eigenvalue weighted by atomic mass is 10.1. The first-order valence-electron chi connectivity index (χ1n) is 4.07. The molecule has 1 heterocycles. The van der Waals surface area contributed by atoms with Crippen LogP contribution in [0.15, 0.2) is 6.07 Å². The SMILES string of the molecule is CC(C)(C)NC(=O)c1cc(Cl)c(Cl)s1. The largest absolute Gasteiger partial charge is 0.347 e. The quantitative estimate of drug-likeness (QED) is 0.813. The van der Waals surface area contributed by atoms with Crippen LogP contribution in [0.5, 0.6) is 0 Å². The molecule has 1 rings (SSSR count). The molecule has 78 valence electrons. The highest BCUT2D eigenvalue weighted by Crippen LogP contribution is 2.31. The van der Waals surface area contributed by atoms with Crippen LogP contribution in [0.1, 0.15) is 30.4 Å². The molecular weight excluding hydrogens is 241 g/mol. The van der Waals surface area contributed by atoms with Crippen molar-refractivity contribution in [3.05, 3.63) is 20.3 Å². The molecule has 0 aliphatic carbocycles. The highest BCUT2D eigenvalue weighted by atomic mass is 35.5. The van der Waals surface area contributed by atoms with Crippen LogP contribution in [-0.4, -0.2) is 11.4 Å². The number of carbonyl (C=O) groups is 1. The van der Waals surface area contributed by atoms with E-state index in [1.54, 1.807) is 6.07 Å². The average molecular weight is 252 g/mol. The maximum absolute atomic E-state index is 11.6. The predicted octanol–water partition coefficient (Wildman–Crippen LogP) is 3.58. The summed E-state index contributed by atoms with van der Waals surface area (Å²) in [4.78, 5) is 12.1. The average Bonchev–Trinajstić information content (AvgIpc) is 2.28. The van der Waals surface area contributed by atoms with Crippen LogP contribution in [0, 0.1) is 0 Å². The Hall–Kier alpha value is -0.250. The van der Waals surface area contributed by atoms with E-state index in [2.05, 4.69) is 5.32 Å². The first-order chi connectivity index (χ1) is 6.29. The minimum Gasteiger partial charge on any atom is -0.347 e. The van der Waals surface area contributed by atoms with Gasteiger partial charge in [0.15, 0.2) is 0 Å². The molecule has 5 heteroatoms. The maximum atomic E-state index is 11.6. The van der Waals surface area contributed by atoms with Crippen LogP contribution in [0.4, 0.5) is 0 Å². The Morgan fingerprint density at radius 2 is 2.00 bits per heavy atom. The molecule has 0 saturated heterocycles. The topological polar surface area (TPSA) is 29.1 Å². The smallest absolute Gasteiger partial charge is 0.261 e. The van der Waals surface area contributed by atoms with Gasteiger partial charge in [0.1, 0.15) is 4.34 Å². The van der Waals surface area contributed by atoms with Crippen molar-refractivity contribution in [2.45, 2.75) is 26.3 Å². The van der Waals surface area contributed by atoms with Gasteiger partial charge in [-0.05, 0) is 26.8 Å². The zero-order chi connectivity index (χ0) is 10.9. The normalized spacial score (nSPS) is 11.5. The third kappa shape index (κ3) is 3.15. The Labute approximate surface area is 97.2 Å². The summed E-state index contributed by atoms with van der Waals surface area (Å²) in [6, 6.07) is 1.58. The van der Waals surface area contributed by atoms with E-state index in [-0.39, 0.29) is 11.4 Å². The van der Waals surface area contributed by atoms with E-state index in [0.29, 0.717) is 14.2 Å². The second-order valence-electron chi connectivity index (χ2n) is 3.94. The van der Waals surface area contributed by atoms with Crippen molar-refractivity contribution < 1.29 is 4.79 Å². The third-order valence-corrected chi connectivity index (χ3v) is 3.22. The number of hydrogen-bond donors (Lipinski definition) is 1. The van der Waals surface area contributed by atoms with Gasteiger partial charge in [0.2, 0.25) is 0 Å². The molecule has 0 fully saturated rings. The van der Waals surface area contributed by atoms with Crippen molar-refractivity contribution in [3.63, 3.8) is 0 Å². The van der Waals surface area contributed by atoms with E-state index in [1.807, 2.05) is 20.8 Å². The first-order valence-corrected chi connectivity index (χ1v) is 5.64. The summed E-state index contributed by atoms with van der Waals surface area (Å²) < 4.78 is 0.450. The van der Waals surface area contributed by atoms with E-state index in [0.717, 1.165) is 0 Å². The van der Waals surface area contributed by atoms with Gasteiger partial charge in [-0.3, -0.25) is 4.79 Å². The number of thiophene rings is 1. The Kier molecular flexibility index (Phi) is 3.45. The highest BCUT2D eigenvalue weighted by Gasteiger charge is 2.18. The van der Waals surface area contributed by atoms with Crippen LogP contribution in [0.2, 0.25) is 9.36 Å². The van der Waals surface area contributed by atoms with Gasteiger partial charge < -0.3 is 5.32 Å². The summed E-state index contributed by atoms with van der Waals surface area (Å²) in [5.74, 6) is -0.142. The summed E-state index contributed by atoms with van der Waals surface area (Å²) in [6.45, 7) is 5.76.